The molecule has 18 heavy (non-hydrogen) atoms. The first kappa shape index (κ1) is 12.9. The minimum Gasteiger partial charge on any atom is -0.446 e. The molecule has 0 radical (unpaired) electrons. The zero-order valence-corrected chi connectivity index (χ0v) is 10.7. The van der Waals surface area contributed by atoms with Gasteiger partial charge in [-0.25, -0.2) is 18.5 Å². The number of primary sulfonamides is 1. The van der Waals surface area contributed by atoms with E-state index in [0.29, 0.717) is 17.5 Å². The summed E-state index contributed by atoms with van der Waals surface area (Å²) in [6.45, 7) is 0.315. The molecule has 3 N–H and O–H groups in total. The minimum absolute atomic E-state index is 0.257. The molecule has 0 spiro atoms. The summed E-state index contributed by atoms with van der Waals surface area (Å²) in [5.74, 6) is 0.451. The number of nitrogens with two attached hydrogens (primary N) is 1. The van der Waals surface area contributed by atoms with E-state index in [1.165, 1.54) is 12.1 Å². The zero-order valence-electron chi connectivity index (χ0n) is 9.13. The first-order chi connectivity index (χ1) is 8.45. The van der Waals surface area contributed by atoms with Crippen molar-refractivity contribution in [2.45, 2.75) is 11.6 Å². The number of nitrogens with zero attached hydrogens (tertiary/aromatic N) is 1. The Balaban J connectivity index is 2.05. The maximum Gasteiger partial charge on any atom is 0.271 e. The van der Waals surface area contributed by atoms with Gasteiger partial charge in [-0.2, -0.15) is 0 Å². The number of hydrogen-bond donors (Lipinski definition) is 2. The molecule has 2 heterocycles. The third-order valence-corrected chi connectivity index (χ3v) is 3.10. The third-order valence-electron chi connectivity index (χ3n) is 2.11. The second-order valence-corrected chi connectivity index (χ2v) is 5.37. The molecule has 0 bridgehead atoms. The number of rotatable bonds is 4. The molecule has 2 aromatic heterocycles. The maximum absolute atomic E-state index is 11.0. The van der Waals surface area contributed by atoms with Gasteiger partial charge in [-0.15, -0.1) is 0 Å². The molecule has 2 rings (SSSR count). The maximum atomic E-state index is 11.0. The number of hydrogen-bond acceptors (Lipinski definition) is 5. The van der Waals surface area contributed by atoms with Crippen LogP contribution in [-0.2, 0) is 16.6 Å². The molecule has 0 atom stereocenters. The fraction of sp³-hybridized carbons (Fsp3) is 0.100. The summed E-state index contributed by atoms with van der Waals surface area (Å²) in [6, 6.07) is 6.22. The zero-order chi connectivity index (χ0) is 13.2. The largest absolute Gasteiger partial charge is 0.446 e. The smallest absolute Gasteiger partial charge is 0.271 e. The SMILES string of the molecule is NS(=O)(=O)c1ccc(CNc2ccnc(Cl)c2)o1. The molecular weight excluding hydrogens is 278 g/mol. The van der Waals surface area contributed by atoms with E-state index in [1.807, 2.05) is 0 Å². The van der Waals surface area contributed by atoms with Crippen LogP contribution >= 0.6 is 11.6 Å². The fourth-order valence-electron chi connectivity index (χ4n) is 1.31. The number of furan rings is 1. The van der Waals surface area contributed by atoms with E-state index in [9.17, 15) is 8.42 Å². The topological polar surface area (TPSA) is 98.2 Å². The predicted molar refractivity (Wildman–Crippen MR) is 66.7 cm³/mol. The van der Waals surface area contributed by atoms with E-state index in [4.69, 9.17) is 21.2 Å². The van der Waals surface area contributed by atoms with E-state index < -0.39 is 10.0 Å². The average Bonchev–Trinajstić information content (AvgIpc) is 2.74. The standard InChI is InChI=1S/C10H10ClN3O3S/c11-9-5-7(3-4-13-9)14-6-8-1-2-10(17-8)18(12,15)16/h1-5H,6H2,(H,13,14)(H2,12,15,16). The summed E-state index contributed by atoms with van der Waals surface area (Å²) in [7, 11) is -3.80. The predicted octanol–water partition coefficient (Wildman–Crippen LogP) is 1.59. The molecule has 2 aromatic rings. The van der Waals surface area contributed by atoms with Crippen LogP contribution in [0.5, 0.6) is 0 Å². The van der Waals surface area contributed by atoms with E-state index in [0.717, 1.165) is 5.69 Å². The molecule has 6 nitrogen and oxygen atoms in total. The van der Waals surface area contributed by atoms with Crippen LogP contribution in [0.4, 0.5) is 5.69 Å². The highest BCUT2D eigenvalue weighted by Gasteiger charge is 2.12. The Morgan fingerprint density at radius 3 is 2.78 bits per heavy atom. The van der Waals surface area contributed by atoms with Gasteiger partial charge < -0.3 is 9.73 Å². The van der Waals surface area contributed by atoms with E-state index in [2.05, 4.69) is 10.3 Å². The first-order valence-corrected chi connectivity index (χ1v) is 6.84. The number of anilines is 1. The lowest BCUT2D eigenvalue weighted by molar-refractivity contribution is 0.419. The van der Waals surface area contributed by atoms with Crippen LogP contribution in [0.25, 0.3) is 0 Å². The molecule has 0 unspecified atom stereocenters. The highest BCUT2D eigenvalue weighted by Crippen LogP contribution is 2.16. The summed E-state index contributed by atoms with van der Waals surface area (Å²) in [5.41, 5.74) is 0.753. The van der Waals surface area contributed by atoms with Gasteiger partial charge in [0.25, 0.3) is 10.0 Å². The van der Waals surface area contributed by atoms with Gasteiger partial charge in [0.05, 0.1) is 6.54 Å². The van der Waals surface area contributed by atoms with Crippen molar-refractivity contribution in [3.8, 4) is 0 Å². The molecule has 0 aromatic carbocycles. The molecule has 0 aliphatic heterocycles. The van der Waals surface area contributed by atoms with Gasteiger partial charge in [-0.1, -0.05) is 11.6 Å². The van der Waals surface area contributed by atoms with Gasteiger partial charge >= 0.3 is 0 Å². The van der Waals surface area contributed by atoms with Crippen molar-refractivity contribution in [3.63, 3.8) is 0 Å². The Labute approximate surface area is 109 Å². The molecule has 0 saturated heterocycles. The van der Waals surface area contributed by atoms with Gasteiger partial charge in [0.2, 0.25) is 5.09 Å². The number of nitrogens with one attached hydrogen (secondary N) is 1. The van der Waals surface area contributed by atoms with Gasteiger partial charge in [0.15, 0.2) is 0 Å². The van der Waals surface area contributed by atoms with E-state index >= 15 is 0 Å². The van der Waals surface area contributed by atoms with Crippen LogP contribution in [0.3, 0.4) is 0 Å². The second-order valence-electron chi connectivity index (χ2n) is 3.49. The van der Waals surface area contributed by atoms with Crippen molar-refractivity contribution in [1.82, 2.24) is 4.98 Å². The Morgan fingerprint density at radius 2 is 2.17 bits per heavy atom. The van der Waals surface area contributed by atoms with Crippen LogP contribution in [-0.4, -0.2) is 13.4 Å². The Hall–Kier alpha value is -1.57. The van der Waals surface area contributed by atoms with Crippen molar-refractivity contribution in [2.75, 3.05) is 5.32 Å². The molecule has 0 saturated carbocycles. The van der Waals surface area contributed by atoms with Gasteiger partial charge in [-0.3, -0.25) is 0 Å². The van der Waals surface area contributed by atoms with Crippen molar-refractivity contribution in [3.05, 3.63) is 41.4 Å². The first-order valence-electron chi connectivity index (χ1n) is 4.92. The Bertz CT molecular complexity index is 654. The summed E-state index contributed by atoms with van der Waals surface area (Å²) >= 11 is 5.72. The number of aromatic nitrogens is 1. The average molecular weight is 288 g/mol. The summed E-state index contributed by atoms with van der Waals surface area (Å²) < 4.78 is 27.1. The molecule has 96 valence electrons. The van der Waals surface area contributed by atoms with Crippen LogP contribution in [0.2, 0.25) is 5.15 Å². The van der Waals surface area contributed by atoms with Crippen molar-refractivity contribution < 1.29 is 12.8 Å². The Kier molecular flexibility index (Phi) is 3.55. The summed E-state index contributed by atoms with van der Waals surface area (Å²) in [6.07, 6.45) is 1.56. The van der Waals surface area contributed by atoms with Crippen LogP contribution in [0.15, 0.2) is 40.0 Å². The van der Waals surface area contributed by atoms with E-state index in [-0.39, 0.29) is 5.09 Å². The molecule has 0 amide bonds. The van der Waals surface area contributed by atoms with E-state index in [1.54, 1.807) is 18.3 Å². The van der Waals surface area contributed by atoms with Crippen LogP contribution < -0.4 is 10.5 Å². The van der Waals surface area contributed by atoms with Crippen LogP contribution in [0, 0.1) is 0 Å². The van der Waals surface area contributed by atoms with Crippen molar-refractivity contribution in [2.24, 2.45) is 5.14 Å². The van der Waals surface area contributed by atoms with Crippen LogP contribution in [0.1, 0.15) is 5.76 Å². The van der Waals surface area contributed by atoms with Gasteiger partial charge in [0, 0.05) is 11.9 Å². The third kappa shape index (κ3) is 3.22. The molecular formula is C10H10ClN3O3S. The van der Waals surface area contributed by atoms with Crippen molar-refractivity contribution >= 4 is 27.3 Å². The number of halogens is 1. The second kappa shape index (κ2) is 4.97. The highest BCUT2D eigenvalue weighted by atomic mass is 35.5. The highest BCUT2D eigenvalue weighted by molar-refractivity contribution is 7.89. The van der Waals surface area contributed by atoms with Crippen molar-refractivity contribution in [1.29, 1.82) is 0 Å². The number of sulfonamides is 1. The van der Waals surface area contributed by atoms with Gasteiger partial charge in [-0.05, 0) is 24.3 Å². The molecule has 8 heteroatoms. The quantitative estimate of drug-likeness (QED) is 0.832. The molecule has 0 fully saturated rings. The normalized spacial score (nSPS) is 11.4. The molecule has 0 aliphatic carbocycles. The lowest BCUT2D eigenvalue weighted by Gasteiger charge is -2.03. The Morgan fingerprint density at radius 1 is 1.39 bits per heavy atom. The number of pyridine rings is 1. The fourth-order valence-corrected chi connectivity index (χ4v) is 1.96. The minimum atomic E-state index is -3.80. The monoisotopic (exact) mass is 287 g/mol. The summed E-state index contributed by atoms with van der Waals surface area (Å²) in [5, 5.41) is 8.05. The molecule has 0 aliphatic rings. The lowest BCUT2D eigenvalue weighted by Crippen LogP contribution is -2.10. The summed E-state index contributed by atoms with van der Waals surface area (Å²) in [4.78, 5) is 3.84. The lowest BCUT2D eigenvalue weighted by atomic mass is 10.4. The van der Waals surface area contributed by atoms with Gasteiger partial charge in [0.1, 0.15) is 10.9 Å².